The highest BCUT2D eigenvalue weighted by Gasteiger charge is 2.44. The van der Waals surface area contributed by atoms with Crippen LogP contribution in [0, 0.1) is 18.6 Å². The largest absolute Gasteiger partial charge is 0.422 e. The van der Waals surface area contributed by atoms with E-state index in [9.17, 15) is 22.0 Å². The second-order valence-electron chi connectivity index (χ2n) is 6.61. The van der Waals surface area contributed by atoms with Crippen molar-refractivity contribution in [3.8, 4) is 11.3 Å². The van der Waals surface area contributed by atoms with Gasteiger partial charge in [-0.1, -0.05) is 19.9 Å². The van der Waals surface area contributed by atoms with Crippen molar-refractivity contribution in [3.63, 3.8) is 0 Å². The number of fused-ring (bicyclic) bond motifs is 3. The Kier molecular flexibility index (Phi) is 4.41. The molecule has 0 fully saturated rings. The van der Waals surface area contributed by atoms with Crippen LogP contribution in [-0.2, 0) is 11.7 Å². The highest BCUT2D eigenvalue weighted by molar-refractivity contribution is 5.74. The average Bonchev–Trinajstić information content (AvgIpc) is 2.68. The molecule has 0 saturated carbocycles. The van der Waals surface area contributed by atoms with Crippen LogP contribution in [0.3, 0.4) is 0 Å². The van der Waals surface area contributed by atoms with Gasteiger partial charge in [0.2, 0.25) is 5.69 Å². The summed E-state index contributed by atoms with van der Waals surface area (Å²) in [4.78, 5) is 0. The van der Waals surface area contributed by atoms with E-state index in [0.717, 1.165) is 11.6 Å². The zero-order valence-electron chi connectivity index (χ0n) is 14.7. The lowest BCUT2D eigenvalue weighted by molar-refractivity contribution is -0.743. The summed E-state index contributed by atoms with van der Waals surface area (Å²) < 4.78 is 70.5. The molecule has 2 aromatic rings. The Morgan fingerprint density at radius 2 is 1.73 bits per heavy atom. The van der Waals surface area contributed by atoms with Crippen molar-refractivity contribution in [3.05, 3.63) is 58.8 Å². The van der Waals surface area contributed by atoms with Crippen molar-refractivity contribution in [2.75, 3.05) is 0 Å². The topological polar surface area (TPSA) is 3.88 Å². The number of pyridine rings is 1. The molecule has 1 aromatic heterocycles. The summed E-state index contributed by atoms with van der Waals surface area (Å²) in [6.07, 6.45) is 1.31. The number of aryl methyl sites for hydroxylation is 1. The van der Waals surface area contributed by atoms with Crippen LogP contribution >= 0.6 is 0 Å². The molecule has 0 bridgehead atoms. The van der Waals surface area contributed by atoms with Gasteiger partial charge in [-0.25, -0.2) is 8.78 Å². The maximum Gasteiger partial charge on any atom is 0.422 e. The highest BCUT2D eigenvalue weighted by Crippen LogP contribution is 2.41. The Bertz CT molecular complexity index is 892. The van der Waals surface area contributed by atoms with Gasteiger partial charge < -0.3 is 0 Å². The Labute approximate surface area is 148 Å². The summed E-state index contributed by atoms with van der Waals surface area (Å²) in [5.41, 5.74) is -1.39. The van der Waals surface area contributed by atoms with Gasteiger partial charge in [-0.05, 0) is 30.2 Å². The molecule has 0 aliphatic carbocycles. The predicted molar refractivity (Wildman–Crippen MR) is 89.3 cm³/mol. The smallest absolute Gasteiger partial charge is 0.206 e. The first-order chi connectivity index (χ1) is 12.1. The lowest BCUT2D eigenvalue weighted by Crippen LogP contribution is -2.55. The minimum atomic E-state index is -5.11. The minimum Gasteiger partial charge on any atom is -0.206 e. The van der Waals surface area contributed by atoms with Gasteiger partial charge in [0, 0.05) is 25.0 Å². The second kappa shape index (κ2) is 6.18. The van der Waals surface area contributed by atoms with E-state index in [2.05, 4.69) is 0 Å². The van der Waals surface area contributed by atoms with Crippen LogP contribution in [0.15, 0.2) is 30.5 Å². The van der Waals surface area contributed by atoms with E-state index >= 15 is 0 Å². The van der Waals surface area contributed by atoms with Gasteiger partial charge in [-0.2, -0.15) is 17.7 Å². The molecule has 0 unspecified atom stereocenters. The van der Waals surface area contributed by atoms with Gasteiger partial charge in [0.05, 0.1) is 5.56 Å². The van der Waals surface area contributed by atoms with E-state index in [1.54, 1.807) is 23.8 Å². The monoisotopic (exact) mass is 368 g/mol. The SMILES string of the molecule is CCC1(CC)C=Cc2cc(F)c(C(F)(F)F)c(F)c2-c2cc(C)cc[n+]21. The summed E-state index contributed by atoms with van der Waals surface area (Å²) in [6, 6.07) is 4.24. The van der Waals surface area contributed by atoms with Crippen LogP contribution in [0.4, 0.5) is 22.0 Å². The standard InChI is InChI=1S/C20H19F5N/c1-4-19(5-2)8-6-13-11-14(21)17(20(23,24)25)18(22)16(13)15-10-12(3)7-9-26(15)19/h6-11H,4-5H2,1-3H3/q+1. The molecule has 6 heteroatoms. The number of halogens is 5. The minimum absolute atomic E-state index is 0.108. The number of alkyl halides is 3. The Morgan fingerprint density at radius 1 is 1.08 bits per heavy atom. The third-order valence-electron chi connectivity index (χ3n) is 5.18. The number of hydrogen-bond donors (Lipinski definition) is 0. The number of allylic oxidation sites excluding steroid dienone is 1. The lowest BCUT2D eigenvalue weighted by Gasteiger charge is -2.24. The fourth-order valence-electron chi connectivity index (χ4n) is 3.63. The number of benzene rings is 1. The summed E-state index contributed by atoms with van der Waals surface area (Å²) in [7, 11) is 0. The molecular formula is C20H19F5N+. The summed E-state index contributed by atoms with van der Waals surface area (Å²) in [6.45, 7) is 5.70. The molecule has 1 aromatic carbocycles. The van der Waals surface area contributed by atoms with Crippen LogP contribution < -0.4 is 4.57 Å². The van der Waals surface area contributed by atoms with Crippen molar-refractivity contribution in [1.82, 2.24) is 0 Å². The predicted octanol–water partition coefficient (Wildman–Crippen LogP) is 5.79. The second-order valence-corrected chi connectivity index (χ2v) is 6.61. The van der Waals surface area contributed by atoms with Crippen molar-refractivity contribution in [2.24, 2.45) is 0 Å². The number of nitrogens with zero attached hydrogens (tertiary/aromatic N) is 1. The highest BCUT2D eigenvalue weighted by atomic mass is 19.4. The molecule has 138 valence electrons. The van der Waals surface area contributed by atoms with Gasteiger partial charge in [-0.3, -0.25) is 0 Å². The number of rotatable bonds is 2. The summed E-state index contributed by atoms with van der Waals surface area (Å²) >= 11 is 0. The molecule has 3 rings (SSSR count). The van der Waals surface area contributed by atoms with E-state index in [4.69, 9.17) is 0 Å². The molecule has 1 aliphatic rings. The zero-order valence-corrected chi connectivity index (χ0v) is 14.7. The molecule has 0 atom stereocenters. The first kappa shape index (κ1) is 18.5. The van der Waals surface area contributed by atoms with Crippen molar-refractivity contribution in [1.29, 1.82) is 0 Å². The van der Waals surface area contributed by atoms with Crippen LogP contribution in [0.1, 0.15) is 43.4 Å². The Balaban J connectivity index is 2.46. The first-order valence-electron chi connectivity index (χ1n) is 8.46. The van der Waals surface area contributed by atoms with Crippen molar-refractivity contribution < 1.29 is 26.5 Å². The van der Waals surface area contributed by atoms with Crippen LogP contribution in [0.2, 0.25) is 0 Å². The fraction of sp³-hybridized carbons (Fsp3) is 0.350. The van der Waals surface area contributed by atoms with E-state index in [0.29, 0.717) is 18.5 Å². The summed E-state index contributed by atoms with van der Waals surface area (Å²) in [5, 5.41) is 0. The van der Waals surface area contributed by atoms with Crippen molar-refractivity contribution in [2.45, 2.75) is 45.3 Å². The Hall–Kier alpha value is -2.24. The fourth-order valence-corrected chi connectivity index (χ4v) is 3.63. The summed E-state index contributed by atoms with van der Waals surface area (Å²) in [5.74, 6) is -3.17. The van der Waals surface area contributed by atoms with Gasteiger partial charge >= 0.3 is 6.18 Å². The number of aromatic nitrogens is 1. The molecule has 1 aliphatic heterocycles. The molecule has 0 spiro atoms. The van der Waals surface area contributed by atoms with Crippen LogP contribution in [-0.4, -0.2) is 0 Å². The van der Waals surface area contributed by atoms with Gasteiger partial charge in [0.1, 0.15) is 11.4 Å². The van der Waals surface area contributed by atoms with Crippen LogP contribution in [0.5, 0.6) is 0 Å². The molecule has 2 heterocycles. The molecule has 1 nitrogen and oxygen atoms in total. The molecule has 0 N–H and O–H groups in total. The van der Waals surface area contributed by atoms with E-state index in [-0.39, 0.29) is 11.1 Å². The van der Waals surface area contributed by atoms with Gasteiger partial charge in [0.15, 0.2) is 17.6 Å². The molecule has 0 radical (unpaired) electrons. The first-order valence-corrected chi connectivity index (χ1v) is 8.46. The molecular weight excluding hydrogens is 349 g/mol. The van der Waals surface area contributed by atoms with Crippen LogP contribution in [0.25, 0.3) is 17.3 Å². The van der Waals surface area contributed by atoms with Gasteiger partial charge in [0.25, 0.3) is 0 Å². The molecule has 0 amide bonds. The van der Waals surface area contributed by atoms with E-state index < -0.39 is 28.9 Å². The van der Waals surface area contributed by atoms with E-state index in [1.807, 2.05) is 26.0 Å². The number of hydrogen-bond acceptors (Lipinski definition) is 0. The maximum absolute atomic E-state index is 15.0. The zero-order chi connectivity index (χ0) is 19.3. The third kappa shape index (κ3) is 2.72. The van der Waals surface area contributed by atoms with Gasteiger partial charge in [-0.15, -0.1) is 0 Å². The Morgan fingerprint density at radius 3 is 2.31 bits per heavy atom. The maximum atomic E-state index is 15.0. The quantitative estimate of drug-likeness (QED) is 0.467. The third-order valence-corrected chi connectivity index (χ3v) is 5.18. The molecule has 26 heavy (non-hydrogen) atoms. The van der Waals surface area contributed by atoms with E-state index in [1.165, 1.54) is 6.08 Å². The normalized spacial score (nSPS) is 15.4. The van der Waals surface area contributed by atoms with Crippen molar-refractivity contribution >= 4 is 6.08 Å². The average molecular weight is 368 g/mol. The lowest BCUT2D eigenvalue weighted by atomic mass is 9.91. The molecule has 0 saturated heterocycles.